The Balaban J connectivity index is 3.28. The number of benzene rings is 1. The molecule has 0 aliphatic heterocycles. The summed E-state index contributed by atoms with van der Waals surface area (Å²) in [7, 11) is 2.79. The van der Waals surface area contributed by atoms with Crippen molar-refractivity contribution in [3.8, 4) is 0 Å². The average molecular weight is 294 g/mol. The molecular formula is C14H18N2O5. The van der Waals surface area contributed by atoms with Gasteiger partial charge in [-0.15, -0.1) is 0 Å². The zero-order valence-corrected chi connectivity index (χ0v) is 12.5. The summed E-state index contributed by atoms with van der Waals surface area (Å²) in [5.74, 6) is -1.10. The van der Waals surface area contributed by atoms with Gasteiger partial charge < -0.3 is 9.64 Å². The number of carbonyl (C=O) groups is 2. The van der Waals surface area contributed by atoms with Gasteiger partial charge in [0.1, 0.15) is 0 Å². The number of hydrogen-bond acceptors (Lipinski definition) is 5. The van der Waals surface area contributed by atoms with Crippen LogP contribution in [0.4, 0.5) is 5.69 Å². The normalized spacial score (nSPS) is 11.6. The minimum atomic E-state index is -0.723. The number of carbonyl (C=O) groups excluding carboxylic acids is 2. The van der Waals surface area contributed by atoms with Crippen LogP contribution in [0.25, 0.3) is 0 Å². The van der Waals surface area contributed by atoms with E-state index in [9.17, 15) is 19.7 Å². The first-order chi connectivity index (χ1) is 9.81. The van der Waals surface area contributed by atoms with Crippen LogP contribution in [0.2, 0.25) is 0 Å². The molecule has 1 rings (SSSR count). The molecule has 0 spiro atoms. The Labute approximate surface area is 122 Å². The molecule has 1 amide bonds. The number of nitro groups is 1. The second kappa shape index (κ2) is 6.83. The van der Waals surface area contributed by atoms with E-state index in [0.29, 0.717) is 0 Å². The molecule has 0 fully saturated rings. The fourth-order valence-electron chi connectivity index (χ4n) is 1.75. The Morgan fingerprint density at radius 3 is 2.38 bits per heavy atom. The molecule has 0 saturated carbocycles. The average Bonchev–Trinajstić information content (AvgIpc) is 2.51. The summed E-state index contributed by atoms with van der Waals surface area (Å²) in [6, 6.07) is 3.54. The Bertz CT molecular complexity index is 570. The topological polar surface area (TPSA) is 89.8 Å². The summed E-state index contributed by atoms with van der Waals surface area (Å²) in [4.78, 5) is 35.7. The second-order valence-corrected chi connectivity index (χ2v) is 4.69. The number of esters is 1. The van der Waals surface area contributed by atoms with Gasteiger partial charge in [0.2, 0.25) is 0 Å². The molecule has 0 aliphatic rings. The van der Waals surface area contributed by atoms with E-state index >= 15 is 0 Å². The van der Waals surface area contributed by atoms with Crippen molar-refractivity contribution in [2.24, 2.45) is 0 Å². The highest BCUT2D eigenvalue weighted by molar-refractivity contribution is 5.99. The molecule has 0 bridgehead atoms. The molecule has 21 heavy (non-hydrogen) atoms. The number of ether oxygens (including phenoxy) is 1. The first-order valence-electron chi connectivity index (χ1n) is 6.46. The van der Waals surface area contributed by atoms with Crippen LogP contribution in [-0.4, -0.2) is 41.9 Å². The molecule has 7 nitrogen and oxygen atoms in total. The van der Waals surface area contributed by atoms with E-state index in [-0.39, 0.29) is 28.8 Å². The molecule has 1 aromatic carbocycles. The first-order valence-corrected chi connectivity index (χ1v) is 6.46. The highest BCUT2D eigenvalue weighted by Crippen LogP contribution is 2.20. The number of amides is 1. The second-order valence-electron chi connectivity index (χ2n) is 4.69. The third-order valence-corrected chi connectivity index (χ3v) is 3.37. The van der Waals surface area contributed by atoms with Crippen molar-refractivity contribution >= 4 is 17.6 Å². The van der Waals surface area contributed by atoms with E-state index < -0.39 is 10.9 Å². The van der Waals surface area contributed by atoms with Gasteiger partial charge in [0, 0.05) is 30.8 Å². The molecule has 0 saturated heterocycles. The van der Waals surface area contributed by atoms with Crippen LogP contribution in [0.5, 0.6) is 0 Å². The fraction of sp³-hybridized carbons (Fsp3) is 0.429. The maximum absolute atomic E-state index is 12.3. The summed E-state index contributed by atoms with van der Waals surface area (Å²) in [5, 5.41) is 10.9. The molecule has 0 N–H and O–H groups in total. The van der Waals surface area contributed by atoms with Crippen LogP contribution in [0.15, 0.2) is 18.2 Å². The fourth-order valence-corrected chi connectivity index (χ4v) is 1.75. The quantitative estimate of drug-likeness (QED) is 0.472. The number of non-ortho nitro benzene ring substituents is 1. The van der Waals surface area contributed by atoms with E-state index in [1.165, 1.54) is 18.1 Å². The zero-order valence-electron chi connectivity index (χ0n) is 12.5. The van der Waals surface area contributed by atoms with Gasteiger partial charge in [-0.2, -0.15) is 0 Å². The number of nitro benzene ring substituents is 1. The number of nitrogens with zero attached hydrogens (tertiary/aromatic N) is 2. The Kier molecular flexibility index (Phi) is 5.40. The maximum atomic E-state index is 12.3. The van der Waals surface area contributed by atoms with Gasteiger partial charge in [0.25, 0.3) is 11.6 Å². The molecule has 1 aromatic rings. The Hall–Kier alpha value is -2.44. The standard InChI is InChI=1S/C14H18N2O5/c1-5-9(2)15(3)13(17)10-6-11(14(18)21-4)8-12(7-10)16(19)20/h6-9H,5H2,1-4H3. The Morgan fingerprint density at radius 1 is 1.33 bits per heavy atom. The highest BCUT2D eigenvalue weighted by Gasteiger charge is 2.22. The van der Waals surface area contributed by atoms with Gasteiger partial charge in [0.15, 0.2) is 0 Å². The number of methoxy groups -OCH3 is 1. The molecule has 0 aliphatic carbocycles. The molecule has 0 radical (unpaired) electrons. The molecule has 0 heterocycles. The summed E-state index contributed by atoms with van der Waals surface area (Å²) in [6.45, 7) is 3.80. The van der Waals surface area contributed by atoms with E-state index in [4.69, 9.17) is 0 Å². The van der Waals surface area contributed by atoms with Crippen molar-refractivity contribution in [3.63, 3.8) is 0 Å². The molecule has 1 atom stereocenters. The van der Waals surface area contributed by atoms with Crippen LogP contribution < -0.4 is 0 Å². The van der Waals surface area contributed by atoms with Crippen LogP contribution in [0.3, 0.4) is 0 Å². The summed E-state index contributed by atoms with van der Waals surface area (Å²) in [6.07, 6.45) is 0.751. The smallest absolute Gasteiger partial charge is 0.338 e. The highest BCUT2D eigenvalue weighted by atomic mass is 16.6. The lowest BCUT2D eigenvalue weighted by Gasteiger charge is -2.23. The molecule has 114 valence electrons. The number of hydrogen-bond donors (Lipinski definition) is 0. The lowest BCUT2D eigenvalue weighted by molar-refractivity contribution is -0.384. The van der Waals surface area contributed by atoms with Crippen LogP contribution in [0, 0.1) is 10.1 Å². The van der Waals surface area contributed by atoms with Crippen molar-refractivity contribution in [2.45, 2.75) is 26.3 Å². The van der Waals surface area contributed by atoms with Gasteiger partial charge in [-0.1, -0.05) is 6.92 Å². The predicted molar refractivity (Wildman–Crippen MR) is 76.3 cm³/mol. The van der Waals surface area contributed by atoms with Crippen LogP contribution >= 0.6 is 0 Å². The SMILES string of the molecule is CCC(C)N(C)C(=O)c1cc(C(=O)OC)cc([N+](=O)[O-])c1. The van der Waals surface area contributed by atoms with E-state index in [0.717, 1.165) is 18.6 Å². The van der Waals surface area contributed by atoms with Crippen molar-refractivity contribution in [3.05, 3.63) is 39.4 Å². The third-order valence-electron chi connectivity index (χ3n) is 3.37. The monoisotopic (exact) mass is 294 g/mol. The van der Waals surface area contributed by atoms with Crippen LogP contribution in [-0.2, 0) is 4.74 Å². The van der Waals surface area contributed by atoms with Crippen molar-refractivity contribution in [2.75, 3.05) is 14.2 Å². The van der Waals surface area contributed by atoms with Gasteiger partial charge in [-0.25, -0.2) is 4.79 Å². The van der Waals surface area contributed by atoms with Gasteiger partial charge in [0.05, 0.1) is 17.6 Å². The lowest BCUT2D eigenvalue weighted by atomic mass is 10.1. The minimum absolute atomic E-state index is 0.0154. The molecule has 7 heteroatoms. The summed E-state index contributed by atoms with van der Waals surface area (Å²) < 4.78 is 4.55. The minimum Gasteiger partial charge on any atom is -0.465 e. The summed E-state index contributed by atoms with van der Waals surface area (Å²) in [5.41, 5.74) is -0.251. The molecule has 0 aromatic heterocycles. The molecular weight excluding hydrogens is 276 g/mol. The predicted octanol–water partition coefficient (Wildman–Crippen LogP) is 2.25. The Morgan fingerprint density at radius 2 is 1.90 bits per heavy atom. The van der Waals surface area contributed by atoms with Crippen LogP contribution in [0.1, 0.15) is 41.0 Å². The van der Waals surface area contributed by atoms with Gasteiger partial charge in [-0.3, -0.25) is 14.9 Å². The first kappa shape index (κ1) is 16.6. The molecule has 1 unspecified atom stereocenters. The summed E-state index contributed by atoms with van der Waals surface area (Å²) >= 11 is 0. The largest absolute Gasteiger partial charge is 0.465 e. The van der Waals surface area contributed by atoms with Gasteiger partial charge >= 0.3 is 5.97 Å². The maximum Gasteiger partial charge on any atom is 0.338 e. The zero-order chi connectivity index (χ0) is 16.2. The van der Waals surface area contributed by atoms with E-state index in [1.807, 2.05) is 13.8 Å². The van der Waals surface area contributed by atoms with E-state index in [2.05, 4.69) is 4.74 Å². The van der Waals surface area contributed by atoms with Crippen molar-refractivity contribution < 1.29 is 19.2 Å². The third kappa shape index (κ3) is 3.77. The van der Waals surface area contributed by atoms with Crippen molar-refractivity contribution in [1.82, 2.24) is 4.90 Å². The van der Waals surface area contributed by atoms with Crippen molar-refractivity contribution in [1.29, 1.82) is 0 Å². The van der Waals surface area contributed by atoms with Gasteiger partial charge in [-0.05, 0) is 19.4 Å². The van der Waals surface area contributed by atoms with E-state index in [1.54, 1.807) is 7.05 Å². The number of rotatable bonds is 5. The lowest BCUT2D eigenvalue weighted by Crippen LogP contribution is -2.34.